The summed E-state index contributed by atoms with van der Waals surface area (Å²) in [5.74, 6) is 0. The van der Waals surface area contributed by atoms with Crippen molar-refractivity contribution >= 4 is 26.9 Å². The molecule has 3 heterocycles. The summed E-state index contributed by atoms with van der Waals surface area (Å²) >= 11 is 1.77. The Kier molecular flexibility index (Phi) is 2.94. The van der Waals surface area contributed by atoms with E-state index in [1.54, 1.807) is 17.5 Å². The predicted molar refractivity (Wildman–Crippen MR) is 85.4 cm³/mol. The van der Waals surface area contributed by atoms with E-state index in [0.29, 0.717) is 0 Å². The summed E-state index contributed by atoms with van der Waals surface area (Å²) in [5.41, 5.74) is 9.73. The van der Waals surface area contributed by atoms with Gasteiger partial charge in [0.25, 0.3) is 0 Å². The van der Waals surface area contributed by atoms with Gasteiger partial charge in [0.05, 0.1) is 17.9 Å². The van der Waals surface area contributed by atoms with Crippen LogP contribution in [0.2, 0.25) is 0 Å². The molecule has 1 atom stereocenters. The molecule has 0 aliphatic rings. The van der Waals surface area contributed by atoms with Crippen LogP contribution in [0.4, 0.5) is 0 Å². The number of nitrogens with zero attached hydrogens (tertiary/aromatic N) is 3. The molecule has 0 spiro atoms. The molecule has 2 N–H and O–H groups in total. The zero-order chi connectivity index (χ0) is 14.2. The lowest BCUT2D eigenvalue weighted by molar-refractivity contribution is 0.732. The molecule has 104 valence electrons. The zero-order valence-electron chi connectivity index (χ0n) is 11.3. The first-order valence-electron chi connectivity index (χ1n) is 6.81. The third-order valence-electron chi connectivity index (χ3n) is 3.76. The van der Waals surface area contributed by atoms with E-state index in [4.69, 9.17) is 5.73 Å². The lowest BCUT2D eigenvalue weighted by Crippen LogP contribution is -2.13. The van der Waals surface area contributed by atoms with Gasteiger partial charge in [-0.3, -0.25) is 4.98 Å². The summed E-state index contributed by atoms with van der Waals surface area (Å²) < 4.78 is 3.12. The topological polar surface area (TPSA) is 56.2 Å². The van der Waals surface area contributed by atoms with Crippen molar-refractivity contribution in [2.45, 2.75) is 12.5 Å². The highest BCUT2D eigenvalue weighted by atomic mass is 32.1. The third kappa shape index (κ3) is 2.11. The number of benzene rings is 1. The standard InChI is InChI=1S/C16H14N4S/c17-14(13-8-19-20-6-5-18-9-15(13)20)7-11-10-21-16-4-2-1-3-12(11)16/h1-6,8-10,14H,7,17H2. The number of fused-ring (bicyclic) bond motifs is 2. The van der Waals surface area contributed by atoms with Crippen molar-refractivity contribution in [1.29, 1.82) is 0 Å². The van der Waals surface area contributed by atoms with Crippen LogP contribution in [-0.4, -0.2) is 14.6 Å². The average Bonchev–Trinajstić information content (AvgIpc) is 3.12. The normalized spacial score (nSPS) is 13.0. The molecular weight excluding hydrogens is 280 g/mol. The van der Waals surface area contributed by atoms with Crippen molar-refractivity contribution in [3.63, 3.8) is 0 Å². The van der Waals surface area contributed by atoms with Crippen LogP contribution in [-0.2, 0) is 6.42 Å². The molecule has 0 saturated heterocycles. The molecule has 1 aromatic carbocycles. The lowest BCUT2D eigenvalue weighted by Gasteiger charge is -2.09. The summed E-state index contributed by atoms with van der Waals surface area (Å²) in [6.07, 6.45) is 8.03. The fraction of sp³-hybridized carbons (Fsp3) is 0.125. The van der Waals surface area contributed by atoms with Crippen molar-refractivity contribution in [2.24, 2.45) is 5.73 Å². The van der Waals surface area contributed by atoms with Gasteiger partial charge in [-0.15, -0.1) is 11.3 Å². The van der Waals surface area contributed by atoms with E-state index in [0.717, 1.165) is 17.5 Å². The van der Waals surface area contributed by atoms with E-state index < -0.39 is 0 Å². The Labute approximate surface area is 125 Å². The van der Waals surface area contributed by atoms with Gasteiger partial charge in [-0.2, -0.15) is 5.10 Å². The van der Waals surface area contributed by atoms with E-state index in [9.17, 15) is 0 Å². The zero-order valence-corrected chi connectivity index (χ0v) is 12.1. The van der Waals surface area contributed by atoms with E-state index in [1.807, 2.05) is 23.1 Å². The molecule has 4 aromatic rings. The Morgan fingerprint density at radius 3 is 3.10 bits per heavy atom. The maximum Gasteiger partial charge on any atom is 0.0892 e. The minimum Gasteiger partial charge on any atom is -0.324 e. The number of aromatic nitrogens is 3. The summed E-state index contributed by atoms with van der Waals surface area (Å²) in [7, 11) is 0. The first-order chi connectivity index (χ1) is 10.3. The molecule has 0 radical (unpaired) electrons. The Bertz CT molecular complexity index is 909. The van der Waals surface area contributed by atoms with Crippen molar-refractivity contribution in [3.8, 4) is 0 Å². The molecule has 0 aliphatic heterocycles. The molecule has 3 aromatic heterocycles. The minimum absolute atomic E-state index is 0.0790. The van der Waals surface area contributed by atoms with Crippen LogP contribution in [0, 0.1) is 0 Å². The van der Waals surface area contributed by atoms with Crippen LogP contribution in [0.3, 0.4) is 0 Å². The van der Waals surface area contributed by atoms with Crippen molar-refractivity contribution < 1.29 is 0 Å². The summed E-state index contributed by atoms with van der Waals surface area (Å²) in [6, 6.07) is 8.37. The van der Waals surface area contributed by atoms with Crippen LogP contribution in [0.25, 0.3) is 15.6 Å². The van der Waals surface area contributed by atoms with Gasteiger partial charge in [-0.05, 0) is 28.8 Å². The quantitative estimate of drug-likeness (QED) is 0.631. The fourth-order valence-corrected chi connectivity index (χ4v) is 3.65. The fourth-order valence-electron chi connectivity index (χ4n) is 2.68. The summed E-state index contributed by atoms with van der Waals surface area (Å²) in [4.78, 5) is 4.16. The van der Waals surface area contributed by atoms with Gasteiger partial charge in [-0.1, -0.05) is 18.2 Å². The number of thiophene rings is 1. The van der Waals surface area contributed by atoms with Crippen LogP contribution >= 0.6 is 11.3 Å². The van der Waals surface area contributed by atoms with Crippen molar-refractivity contribution in [3.05, 3.63) is 65.6 Å². The van der Waals surface area contributed by atoms with Gasteiger partial charge < -0.3 is 5.73 Å². The minimum atomic E-state index is -0.0790. The lowest BCUT2D eigenvalue weighted by atomic mass is 10.0. The highest BCUT2D eigenvalue weighted by molar-refractivity contribution is 7.17. The molecule has 0 fully saturated rings. The third-order valence-corrected chi connectivity index (χ3v) is 4.77. The van der Waals surface area contributed by atoms with Gasteiger partial charge >= 0.3 is 0 Å². The Balaban J connectivity index is 1.71. The second kappa shape index (κ2) is 4.95. The second-order valence-electron chi connectivity index (χ2n) is 5.07. The first kappa shape index (κ1) is 12.5. The van der Waals surface area contributed by atoms with E-state index in [1.165, 1.54) is 15.6 Å². The maximum atomic E-state index is 6.41. The number of hydrogen-bond acceptors (Lipinski definition) is 4. The predicted octanol–water partition coefficient (Wildman–Crippen LogP) is 3.19. The molecule has 0 amide bonds. The Morgan fingerprint density at radius 2 is 2.14 bits per heavy atom. The Hall–Kier alpha value is -2.24. The number of rotatable bonds is 3. The number of nitrogens with two attached hydrogens (primary N) is 1. The SMILES string of the molecule is NC(Cc1csc2ccccc12)c1cnn2ccncc12. The van der Waals surface area contributed by atoms with E-state index >= 15 is 0 Å². The highest BCUT2D eigenvalue weighted by Crippen LogP contribution is 2.29. The largest absolute Gasteiger partial charge is 0.324 e. The van der Waals surface area contributed by atoms with Gasteiger partial charge in [0.1, 0.15) is 0 Å². The van der Waals surface area contributed by atoms with Crippen molar-refractivity contribution in [1.82, 2.24) is 14.6 Å². The molecule has 5 heteroatoms. The maximum absolute atomic E-state index is 6.41. The molecule has 4 rings (SSSR count). The smallest absolute Gasteiger partial charge is 0.0892 e. The molecule has 0 aliphatic carbocycles. The van der Waals surface area contributed by atoms with E-state index in [2.05, 4.69) is 39.7 Å². The van der Waals surface area contributed by atoms with E-state index in [-0.39, 0.29) is 6.04 Å². The van der Waals surface area contributed by atoms with Gasteiger partial charge in [0.2, 0.25) is 0 Å². The molecule has 0 bridgehead atoms. The summed E-state index contributed by atoms with van der Waals surface area (Å²) in [5, 5.41) is 7.83. The average molecular weight is 294 g/mol. The molecule has 0 saturated carbocycles. The van der Waals surface area contributed by atoms with Gasteiger partial charge in [0, 0.05) is 28.7 Å². The second-order valence-corrected chi connectivity index (χ2v) is 5.98. The van der Waals surface area contributed by atoms with Crippen molar-refractivity contribution in [2.75, 3.05) is 0 Å². The molecule has 1 unspecified atom stereocenters. The molecular formula is C16H14N4S. The monoisotopic (exact) mass is 294 g/mol. The van der Waals surface area contributed by atoms with Crippen LogP contribution < -0.4 is 5.73 Å². The van der Waals surface area contributed by atoms with Crippen LogP contribution in [0.15, 0.2) is 54.4 Å². The number of hydrogen-bond donors (Lipinski definition) is 1. The highest BCUT2D eigenvalue weighted by Gasteiger charge is 2.15. The molecule has 4 nitrogen and oxygen atoms in total. The van der Waals surface area contributed by atoms with Gasteiger partial charge in [0.15, 0.2) is 0 Å². The molecule has 21 heavy (non-hydrogen) atoms. The first-order valence-corrected chi connectivity index (χ1v) is 7.69. The van der Waals surface area contributed by atoms with Crippen LogP contribution in [0.1, 0.15) is 17.2 Å². The van der Waals surface area contributed by atoms with Crippen LogP contribution in [0.5, 0.6) is 0 Å². The Morgan fingerprint density at radius 1 is 1.24 bits per heavy atom. The van der Waals surface area contributed by atoms with Gasteiger partial charge in [-0.25, -0.2) is 4.52 Å². The summed E-state index contributed by atoms with van der Waals surface area (Å²) in [6.45, 7) is 0.